The van der Waals surface area contributed by atoms with Gasteiger partial charge in [0, 0.05) is 30.0 Å². The van der Waals surface area contributed by atoms with Crippen LogP contribution in [0.25, 0.3) is 11.3 Å². The van der Waals surface area contributed by atoms with Gasteiger partial charge in [-0.15, -0.1) is 24.2 Å². The minimum absolute atomic E-state index is 0.00320. The van der Waals surface area contributed by atoms with Crippen LogP contribution in [0.5, 0.6) is 0 Å². The maximum absolute atomic E-state index is 14.1. The van der Waals surface area contributed by atoms with Crippen molar-refractivity contribution in [2.24, 2.45) is 0 Å². The average Bonchev–Trinajstić information content (AvgIpc) is 3.38. The zero-order valence-corrected chi connectivity index (χ0v) is 20.2. The number of terminal acetylenes is 1. The molecule has 0 radical (unpaired) electrons. The molecular weight excluding hydrogens is 516 g/mol. The number of ether oxygens (including phenoxy) is 2. The SMILES string of the molecule is C#Cc1cnc(C#N)c([C@@]2(n3cc(-c4cc(F)c(Cl)c(F)c4)nn3)[C@H](O)[C@H](CO)O[C@@H](S)[C@H]2OC)c1. The summed E-state index contributed by atoms with van der Waals surface area (Å²) in [6.07, 6.45) is 4.20. The molecule has 1 aromatic carbocycles. The van der Waals surface area contributed by atoms with Crippen molar-refractivity contribution < 1.29 is 28.5 Å². The van der Waals surface area contributed by atoms with Gasteiger partial charge >= 0.3 is 0 Å². The first kappa shape index (κ1) is 26.0. The van der Waals surface area contributed by atoms with Gasteiger partial charge in [0.1, 0.15) is 63.4 Å². The van der Waals surface area contributed by atoms with Crippen LogP contribution in [0, 0.1) is 35.3 Å². The van der Waals surface area contributed by atoms with Crippen molar-refractivity contribution >= 4 is 24.2 Å². The van der Waals surface area contributed by atoms with Crippen LogP contribution in [-0.2, 0) is 15.0 Å². The molecule has 36 heavy (non-hydrogen) atoms. The summed E-state index contributed by atoms with van der Waals surface area (Å²) in [5, 5.41) is 38.8. The van der Waals surface area contributed by atoms with E-state index in [0.717, 1.165) is 16.8 Å². The van der Waals surface area contributed by atoms with Crippen molar-refractivity contribution in [1.29, 1.82) is 5.26 Å². The molecule has 0 amide bonds. The van der Waals surface area contributed by atoms with Crippen molar-refractivity contribution in [3.05, 3.63) is 64.1 Å². The molecule has 13 heteroatoms. The van der Waals surface area contributed by atoms with E-state index in [1.54, 1.807) is 0 Å². The molecule has 0 saturated carbocycles. The summed E-state index contributed by atoms with van der Waals surface area (Å²) >= 11 is 10.0. The normalized spacial score (nSPS) is 25.8. The lowest BCUT2D eigenvalue weighted by atomic mass is 9.74. The first-order chi connectivity index (χ1) is 17.2. The third-order valence-corrected chi connectivity index (χ3v) is 6.74. The number of hydrogen-bond acceptors (Lipinski definition) is 9. The highest BCUT2D eigenvalue weighted by Crippen LogP contribution is 2.45. The fraction of sp³-hybridized carbons (Fsp3) is 0.304. The van der Waals surface area contributed by atoms with Gasteiger partial charge in [0.2, 0.25) is 0 Å². The maximum atomic E-state index is 14.1. The number of rotatable bonds is 5. The van der Waals surface area contributed by atoms with Crippen LogP contribution in [0.2, 0.25) is 5.02 Å². The van der Waals surface area contributed by atoms with Crippen molar-refractivity contribution in [3.8, 4) is 29.7 Å². The van der Waals surface area contributed by atoms with E-state index in [-0.39, 0.29) is 28.1 Å². The molecule has 0 aliphatic carbocycles. The number of thiol groups is 1. The standard InChI is InChI=1S/C23H18ClF2N5O4S/c1-3-11-4-13(16(7-27)28-8-11)23(20(33)18(10-32)35-22(36)21(23)34-2)31-9-17(29-30-31)12-5-14(25)19(24)15(26)6-12/h1,4-6,8-9,18,20-22,32-33,36H,10H2,2H3/t18-,20+,21+,22-,23+/m0/s1. The Labute approximate surface area is 214 Å². The largest absolute Gasteiger partial charge is 0.394 e. The van der Waals surface area contributed by atoms with E-state index in [4.69, 9.17) is 27.5 Å². The molecule has 0 spiro atoms. The van der Waals surface area contributed by atoms with Crippen molar-refractivity contribution in [2.45, 2.75) is 29.3 Å². The second-order valence-electron chi connectivity index (χ2n) is 7.85. The summed E-state index contributed by atoms with van der Waals surface area (Å²) in [7, 11) is 1.32. The van der Waals surface area contributed by atoms with E-state index in [1.165, 1.54) is 25.6 Å². The number of benzene rings is 1. The molecule has 0 unspecified atom stereocenters. The number of aromatic nitrogens is 4. The number of pyridine rings is 1. The van der Waals surface area contributed by atoms with Crippen molar-refractivity contribution in [2.75, 3.05) is 13.7 Å². The summed E-state index contributed by atoms with van der Waals surface area (Å²) in [5.74, 6) is 0.406. The van der Waals surface area contributed by atoms with E-state index >= 15 is 0 Å². The molecule has 1 aliphatic rings. The van der Waals surface area contributed by atoms with E-state index in [2.05, 4.69) is 33.8 Å². The molecule has 5 atom stereocenters. The number of halogens is 3. The van der Waals surface area contributed by atoms with E-state index in [1.807, 2.05) is 6.07 Å². The van der Waals surface area contributed by atoms with Gasteiger partial charge < -0.3 is 19.7 Å². The van der Waals surface area contributed by atoms with Crippen LogP contribution < -0.4 is 0 Å². The van der Waals surface area contributed by atoms with Crippen molar-refractivity contribution in [3.63, 3.8) is 0 Å². The predicted molar refractivity (Wildman–Crippen MR) is 126 cm³/mol. The molecule has 0 bridgehead atoms. The Hall–Kier alpha value is -3.10. The number of aliphatic hydroxyl groups excluding tert-OH is 2. The number of hydrogen-bond donors (Lipinski definition) is 3. The molecule has 2 N–H and O–H groups in total. The Bertz CT molecular complexity index is 1370. The first-order valence-corrected chi connectivity index (χ1v) is 11.2. The van der Waals surface area contributed by atoms with Crippen LogP contribution >= 0.6 is 24.2 Å². The summed E-state index contributed by atoms with van der Waals surface area (Å²) in [5.41, 5.74) is -2.63. The zero-order valence-electron chi connectivity index (χ0n) is 18.5. The summed E-state index contributed by atoms with van der Waals surface area (Å²) in [4.78, 5) is 4.12. The van der Waals surface area contributed by atoms with Gasteiger partial charge in [-0.05, 0) is 18.2 Å². The van der Waals surface area contributed by atoms with E-state index in [0.29, 0.717) is 0 Å². The molecule has 186 valence electrons. The van der Waals surface area contributed by atoms with Gasteiger partial charge in [0.05, 0.1) is 12.8 Å². The molecular formula is C23H18ClF2N5O4S. The second kappa shape index (κ2) is 10.1. The number of nitrogens with zero attached hydrogens (tertiary/aromatic N) is 5. The van der Waals surface area contributed by atoms with Crippen LogP contribution in [0.3, 0.4) is 0 Å². The fourth-order valence-electron chi connectivity index (χ4n) is 4.35. The summed E-state index contributed by atoms with van der Waals surface area (Å²) < 4.78 is 40.7. The fourth-order valence-corrected chi connectivity index (χ4v) is 4.97. The molecule has 3 heterocycles. The number of nitriles is 1. The van der Waals surface area contributed by atoms with Crippen LogP contribution in [-0.4, -0.2) is 67.7 Å². The van der Waals surface area contributed by atoms with Crippen molar-refractivity contribution in [1.82, 2.24) is 20.0 Å². The Balaban J connectivity index is 2.04. The van der Waals surface area contributed by atoms with Gasteiger partial charge in [0.15, 0.2) is 0 Å². The highest BCUT2D eigenvalue weighted by atomic mass is 35.5. The zero-order chi connectivity index (χ0) is 26.2. The predicted octanol–water partition coefficient (Wildman–Crippen LogP) is 1.89. The molecule has 2 aromatic heterocycles. The molecule has 3 aromatic rings. The molecule has 1 saturated heterocycles. The smallest absolute Gasteiger partial charge is 0.150 e. The Morgan fingerprint density at radius 3 is 2.64 bits per heavy atom. The monoisotopic (exact) mass is 533 g/mol. The average molecular weight is 534 g/mol. The lowest BCUT2D eigenvalue weighted by Gasteiger charge is -2.51. The quantitative estimate of drug-likeness (QED) is 0.258. The Kier molecular flexibility index (Phi) is 7.29. The van der Waals surface area contributed by atoms with Gasteiger partial charge in [-0.25, -0.2) is 18.4 Å². The lowest BCUT2D eigenvalue weighted by Crippen LogP contribution is -2.68. The minimum atomic E-state index is -1.83. The molecule has 4 rings (SSSR count). The summed E-state index contributed by atoms with van der Waals surface area (Å²) in [6.45, 7) is -0.629. The Morgan fingerprint density at radius 1 is 1.36 bits per heavy atom. The van der Waals surface area contributed by atoms with Crippen LogP contribution in [0.1, 0.15) is 16.8 Å². The minimum Gasteiger partial charge on any atom is -0.394 e. The van der Waals surface area contributed by atoms with E-state index in [9.17, 15) is 24.3 Å². The first-order valence-electron chi connectivity index (χ1n) is 10.3. The number of methoxy groups -OCH3 is 1. The van der Waals surface area contributed by atoms with Gasteiger partial charge in [-0.1, -0.05) is 22.7 Å². The van der Waals surface area contributed by atoms with Crippen LogP contribution in [0.4, 0.5) is 8.78 Å². The lowest BCUT2D eigenvalue weighted by molar-refractivity contribution is -0.213. The molecule has 1 aliphatic heterocycles. The number of aliphatic hydroxyl groups is 2. The van der Waals surface area contributed by atoms with E-state index < -0.39 is 52.6 Å². The Morgan fingerprint density at radius 2 is 2.06 bits per heavy atom. The topological polar surface area (TPSA) is 126 Å². The van der Waals surface area contributed by atoms with Gasteiger partial charge in [-0.2, -0.15) is 5.26 Å². The van der Waals surface area contributed by atoms with Gasteiger partial charge in [-0.3, -0.25) is 0 Å². The van der Waals surface area contributed by atoms with Crippen LogP contribution in [0.15, 0.2) is 30.6 Å². The maximum Gasteiger partial charge on any atom is 0.150 e. The third kappa shape index (κ3) is 4.02. The highest BCUT2D eigenvalue weighted by molar-refractivity contribution is 7.80. The third-order valence-electron chi connectivity index (χ3n) is 5.99. The highest BCUT2D eigenvalue weighted by Gasteiger charge is 2.60. The van der Waals surface area contributed by atoms with Gasteiger partial charge in [0.25, 0.3) is 0 Å². The summed E-state index contributed by atoms with van der Waals surface area (Å²) in [6, 6.07) is 5.35. The molecule has 1 fully saturated rings. The molecule has 9 nitrogen and oxygen atoms in total. The second-order valence-corrected chi connectivity index (χ2v) is 8.74.